The normalized spacial score (nSPS) is 16.1. The Hall–Kier alpha value is -1.66. The van der Waals surface area contributed by atoms with Gasteiger partial charge < -0.3 is 14.8 Å². The Bertz CT molecular complexity index is 458. The van der Waals surface area contributed by atoms with Crippen LogP contribution < -0.4 is 10.1 Å². The van der Waals surface area contributed by atoms with Gasteiger partial charge in [-0.2, -0.15) is 0 Å². The molecular formula is C14H20N2O4. The van der Waals surface area contributed by atoms with E-state index < -0.39 is 4.92 Å². The second kappa shape index (κ2) is 7.21. The van der Waals surface area contributed by atoms with Crippen LogP contribution >= 0.6 is 0 Å². The molecule has 1 aliphatic rings. The summed E-state index contributed by atoms with van der Waals surface area (Å²) in [5, 5.41) is 14.2. The highest BCUT2D eigenvalue weighted by atomic mass is 16.6. The van der Waals surface area contributed by atoms with Gasteiger partial charge in [-0.3, -0.25) is 10.1 Å². The van der Waals surface area contributed by atoms with Crippen LogP contribution in [-0.4, -0.2) is 31.7 Å². The van der Waals surface area contributed by atoms with Crippen molar-refractivity contribution in [2.45, 2.75) is 19.4 Å². The van der Waals surface area contributed by atoms with Crippen molar-refractivity contribution >= 4 is 5.69 Å². The molecule has 0 radical (unpaired) electrons. The third-order valence-corrected chi connectivity index (χ3v) is 3.52. The Morgan fingerprint density at radius 1 is 1.40 bits per heavy atom. The Labute approximate surface area is 118 Å². The molecule has 0 amide bonds. The first kappa shape index (κ1) is 14.7. The van der Waals surface area contributed by atoms with Crippen molar-refractivity contribution in [3.8, 4) is 5.75 Å². The number of hydrogen-bond acceptors (Lipinski definition) is 5. The maximum absolute atomic E-state index is 10.9. The minimum atomic E-state index is -0.435. The van der Waals surface area contributed by atoms with E-state index in [-0.39, 0.29) is 11.4 Å². The van der Waals surface area contributed by atoms with Gasteiger partial charge in [0.1, 0.15) is 0 Å². The molecule has 110 valence electrons. The Balaban J connectivity index is 1.89. The van der Waals surface area contributed by atoms with Crippen LogP contribution in [0.25, 0.3) is 0 Å². The zero-order valence-corrected chi connectivity index (χ0v) is 11.6. The van der Waals surface area contributed by atoms with E-state index >= 15 is 0 Å². The fourth-order valence-electron chi connectivity index (χ4n) is 2.36. The van der Waals surface area contributed by atoms with Gasteiger partial charge in [-0.15, -0.1) is 0 Å². The van der Waals surface area contributed by atoms with Gasteiger partial charge in [0.2, 0.25) is 0 Å². The van der Waals surface area contributed by atoms with Crippen molar-refractivity contribution in [3.63, 3.8) is 0 Å². The fraction of sp³-hybridized carbons (Fsp3) is 0.571. The largest absolute Gasteiger partial charge is 0.490 e. The van der Waals surface area contributed by atoms with Crippen LogP contribution in [0.3, 0.4) is 0 Å². The van der Waals surface area contributed by atoms with E-state index in [9.17, 15) is 10.1 Å². The number of nitrogens with zero attached hydrogens (tertiary/aromatic N) is 1. The maximum atomic E-state index is 10.9. The lowest BCUT2D eigenvalue weighted by Gasteiger charge is -2.22. The molecule has 0 spiro atoms. The monoisotopic (exact) mass is 280 g/mol. The quantitative estimate of drug-likeness (QED) is 0.638. The van der Waals surface area contributed by atoms with Crippen LogP contribution in [0, 0.1) is 16.0 Å². The van der Waals surface area contributed by atoms with Gasteiger partial charge in [0, 0.05) is 12.7 Å². The molecule has 6 heteroatoms. The van der Waals surface area contributed by atoms with Gasteiger partial charge in [0.15, 0.2) is 5.75 Å². The lowest BCUT2D eigenvalue weighted by molar-refractivity contribution is -0.385. The van der Waals surface area contributed by atoms with E-state index in [0.29, 0.717) is 19.1 Å². The number of piperidine rings is 1. The second-order valence-corrected chi connectivity index (χ2v) is 4.97. The van der Waals surface area contributed by atoms with Gasteiger partial charge in [-0.25, -0.2) is 0 Å². The topological polar surface area (TPSA) is 73.6 Å². The Morgan fingerprint density at radius 2 is 2.15 bits per heavy atom. The average Bonchev–Trinajstić information content (AvgIpc) is 2.48. The minimum Gasteiger partial charge on any atom is -0.490 e. The molecule has 0 aromatic heterocycles. The SMILES string of the molecule is COc1ccc(COCC2CCNCC2)cc1[N+](=O)[O-]. The molecule has 1 saturated heterocycles. The highest BCUT2D eigenvalue weighted by Gasteiger charge is 2.16. The van der Waals surface area contributed by atoms with Crippen LogP contribution in [0.2, 0.25) is 0 Å². The number of nitro groups is 1. The molecule has 0 aliphatic carbocycles. The van der Waals surface area contributed by atoms with Crippen molar-refractivity contribution in [2.75, 3.05) is 26.8 Å². The molecule has 0 bridgehead atoms. The molecule has 1 aliphatic heterocycles. The molecule has 20 heavy (non-hydrogen) atoms. The summed E-state index contributed by atoms with van der Waals surface area (Å²) < 4.78 is 10.6. The van der Waals surface area contributed by atoms with Crippen molar-refractivity contribution in [1.82, 2.24) is 5.32 Å². The standard InChI is InChI=1S/C14H20N2O4/c1-19-14-3-2-12(8-13(14)16(17)18)10-20-9-11-4-6-15-7-5-11/h2-3,8,11,15H,4-7,9-10H2,1H3. The first-order valence-electron chi connectivity index (χ1n) is 6.80. The van der Waals surface area contributed by atoms with Crippen LogP contribution in [0.15, 0.2) is 18.2 Å². The van der Waals surface area contributed by atoms with Gasteiger partial charge in [-0.05, 0) is 43.5 Å². The summed E-state index contributed by atoms with van der Waals surface area (Å²) in [5.74, 6) is 0.863. The molecule has 1 aromatic rings. The fourth-order valence-corrected chi connectivity index (χ4v) is 2.36. The molecule has 1 aromatic carbocycles. The lowest BCUT2D eigenvalue weighted by atomic mass is 9.99. The molecule has 0 saturated carbocycles. The Morgan fingerprint density at radius 3 is 2.80 bits per heavy atom. The minimum absolute atomic E-state index is 0.0181. The van der Waals surface area contributed by atoms with E-state index in [1.54, 1.807) is 12.1 Å². The molecule has 1 N–H and O–H groups in total. The van der Waals surface area contributed by atoms with E-state index in [4.69, 9.17) is 9.47 Å². The van der Waals surface area contributed by atoms with Crippen LogP contribution in [-0.2, 0) is 11.3 Å². The second-order valence-electron chi connectivity index (χ2n) is 4.97. The predicted octanol–water partition coefficient (Wildman–Crippen LogP) is 2.12. The van der Waals surface area contributed by atoms with Crippen molar-refractivity contribution < 1.29 is 14.4 Å². The maximum Gasteiger partial charge on any atom is 0.311 e. The summed E-state index contributed by atoms with van der Waals surface area (Å²) in [6, 6.07) is 4.93. The van der Waals surface area contributed by atoms with Gasteiger partial charge in [0.05, 0.1) is 18.6 Å². The smallest absolute Gasteiger partial charge is 0.311 e. The first-order chi connectivity index (χ1) is 9.70. The zero-order valence-electron chi connectivity index (χ0n) is 11.6. The van der Waals surface area contributed by atoms with Gasteiger partial charge in [0.25, 0.3) is 0 Å². The molecule has 0 atom stereocenters. The number of hydrogen-bond donors (Lipinski definition) is 1. The summed E-state index contributed by atoms with van der Waals surface area (Å²) in [6.45, 7) is 3.19. The van der Waals surface area contributed by atoms with E-state index in [1.807, 2.05) is 0 Å². The van der Waals surface area contributed by atoms with Crippen molar-refractivity contribution in [3.05, 3.63) is 33.9 Å². The third kappa shape index (κ3) is 3.91. The summed E-state index contributed by atoms with van der Waals surface area (Å²) in [4.78, 5) is 10.5. The van der Waals surface area contributed by atoms with E-state index in [0.717, 1.165) is 31.5 Å². The number of nitrogens with one attached hydrogen (secondary N) is 1. The van der Waals surface area contributed by atoms with Crippen LogP contribution in [0.1, 0.15) is 18.4 Å². The number of nitro benzene ring substituents is 1. The number of ether oxygens (including phenoxy) is 2. The summed E-state index contributed by atoms with van der Waals surface area (Å²) in [6.07, 6.45) is 2.26. The predicted molar refractivity (Wildman–Crippen MR) is 74.9 cm³/mol. The number of methoxy groups -OCH3 is 1. The van der Waals surface area contributed by atoms with Gasteiger partial charge in [-0.1, -0.05) is 6.07 Å². The lowest BCUT2D eigenvalue weighted by Crippen LogP contribution is -2.29. The molecule has 2 rings (SSSR count). The van der Waals surface area contributed by atoms with Crippen LogP contribution in [0.5, 0.6) is 5.75 Å². The van der Waals surface area contributed by atoms with E-state index in [2.05, 4.69) is 5.32 Å². The molecule has 0 unspecified atom stereocenters. The zero-order chi connectivity index (χ0) is 14.4. The van der Waals surface area contributed by atoms with E-state index in [1.165, 1.54) is 13.2 Å². The summed E-state index contributed by atoms with van der Waals surface area (Å²) >= 11 is 0. The van der Waals surface area contributed by atoms with Crippen molar-refractivity contribution in [2.24, 2.45) is 5.92 Å². The highest BCUT2D eigenvalue weighted by Crippen LogP contribution is 2.27. The summed E-state index contributed by atoms with van der Waals surface area (Å²) in [5.41, 5.74) is 0.780. The van der Waals surface area contributed by atoms with Crippen molar-refractivity contribution in [1.29, 1.82) is 0 Å². The molecule has 1 fully saturated rings. The molecule has 6 nitrogen and oxygen atoms in total. The number of rotatable bonds is 6. The van der Waals surface area contributed by atoms with Gasteiger partial charge >= 0.3 is 5.69 Å². The molecule has 1 heterocycles. The highest BCUT2D eigenvalue weighted by molar-refractivity contribution is 5.48. The number of benzene rings is 1. The third-order valence-electron chi connectivity index (χ3n) is 3.52. The first-order valence-corrected chi connectivity index (χ1v) is 6.80. The average molecular weight is 280 g/mol. The Kier molecular flexibility index (Phi) is 5.31. The van der Waals surface area contributed by atoms with Crippen LogP contribution in [0.4, 0.5) is 5.69 Å². The summed E-state index contributed by atoms with van der Waals surface area (Å²) in [7, 11) is 1.43. The molecular weight excluding hydrogens is 260 g/mol.